The predicted octanol–water partition coefficient (Wildman–Crippen LogP) is 3.01. The van der Waals surface area contributed by atoms with Gasteiger partial charge in [0.05, 0.1) is 37.1 Å². The van der Waals surface area contributed by atoms with Crippen LogP contribution in [0.25, 0.3) is 22.2 Å². The third kappa shape index (κ3) is 5.67. The molecule has 2 fully saturated rings. The summed E-state index contributed by atoms with van der Waals surface area (Å²) in [6, 6.07) is 6.99. The van der Waals surface area contributed by atoms with Gasteiger partial charge in [-0.05, 0) is 45.2 Å². The quantitative estimate of drug-likeness (QED) is 0.444. The smallest absolute Gasteiger partial charge is 0.223 e. The van der Waals surface area contributed by atoms with Crippen molar-refractivity contribution in [2.75, 3.05) is 31.7 Å². The molecule has 2 aliphatic rings. The number of aliphatic hydroxyl groups excluding tert-OH is 1. The molecule has 0 aliphatic carbocycles. The average molecular weight is 512 g/mol. The Kier molecular flexibility index (Phi) is 7.80. The Balaban J connectivity index is 1.50. The van der Waals surface area contributed by atoms with Crippen molar-refractivity contribution in [3.8, 4) is 11.3 Å². The molecular weight excluding hydrogens is 477 g/mol. The normalized spacial score (nSPS) is 22.5. The molecule has 0 bridgehead atoms. The van der Waals surface area contributed by atoms with Gasteiger partial charge in [0.15, 0.2) is 11.2 Å². The Bertz CT molecular complexity index is 1310. The standard InChI is InChI=1S/C27H34FN5O4/c1-16(2)33-19(12-29-18-4-3-8-36-14-18)11-24(34)20-6-5-17(10-23(20)33)26-21(28)13-30-27(32-26)31-22-7-9-37-15-25(22)35/h5-6,10-11,13,16,18,22,25,29,35H,3-4,7-9,12,14-15H2,1-2H3,(H,30,31,32)/t18-,22+,25+/m0/s1. The minimum atomic E-state index is -0.695. The molecule has 3 aromatic rings. The van der Waals surface area contributed by atoms with E-state index in [2.05, 4.69) is 39.0 Å². The molecule has 0 amide bonds. The van der Waals surface area contributed by atoms with E-state index >= 15 is 0 Å². The van der Waals surface area contributed by atoms with Gasteiger partial charge in [0.25, 0.3) is 0 Å². The van der Waals surface area contributed by atoms with E-state index < -0.39 is 11.9 Å². The van der Waals surface area contributed by atoms with Crippen molar-refractivity contribution in [1.29, 1.82) is 0 Å². The molecule has 2 saturated heterocycles. The highest BCUT2D eigenvalue weighted by atomic mass is 19.1. The van der Waals surface area contributed by atoms with Crippen LogP contribution in [0, 0.1) is 5.82 Å². The maximum atomic E-state index is 14.9. The van der Waals surface area contributed by atoms with Crippen molar-refractivity contribution in [2.45, 2.75) is 63.9 Å². The molecule has 3 atom stereocenters. The largest absolute Gasteiger partial charge is 0.389 e. The summed E-state index contributed by atoms with van der Waals surface area (Å²) in [5, 5.41) is 17.4. The minimum absolute atomic E-state index is 0.0697. The summed E-state index contributed by atoms with van der Waals surface area (Å²) in [7, 11) is 0. The average Bonchev–Trinajstić information content (AvgIpc) is 2.90. The molecule has 37 heavy (non-hydrogen) atoms. The summed E-state index contributed by atoms with van der Waals surface area (Å²) in [6.45, 7) is 6.87. The number of ether oxygens (including phenoxy) is 2. The summed E-state index contributed by atoms with van der Waals surface area (Å²) in [4.78, 5) is 21.5. The van der Waals surface area contributed by atoms with E-state index in [1.54, 1.807) is 18.2 Å². The van der Waals surface area contributed by atoms with Gasteiger partial charge < -0.3 is 29.8 Å². The molecule has 9 nitrogen and oxygen atoms in total. The number of halogens is 1. The SMILES string of the molecule is CC(C)n1c(CN[C@H]2CCCOC2)cc(=O)c2ccc(-c3nc(N[C@@H]4CCOC[C@H]4O)ncc3F)cc21. The van der Waals surface area contributed by atoms with Gasteiger partial charge in [-0.1, -0.05) is 6.07 Å². The van der Waals surface area contributed by atoms with Crippen LogP contribution in [0.4, 0.5) is 10.3 Å². The number of rotatable bonds is 7. The maximum absolute atomic E-state index is 14.9. The number of hydrogen-bond acceptors (Lipinski definition) is 8. The Morgan fingerprint density at radius 1 is 1.19 bits per heavy atom. The highest BCUT2D eigenvalue weighted by Gasteiger charge is 2.25. The van der Waals surface area contributed by atoms with E-state index in [1.807, 2.05) is 6.07 Å². The summed E-state index contributed by atoms with van der Waals surface area (Å²) >= 11 is 0. The zero-order valence-corrected chi connectivity index (χ0v) is 21.2. The van der Waals surface area contributed by atoms with Gasteiger partial charge >= 0.3 is 0 Å². The van der Waals surface area contributed by atoms with E-state index in [4.69, 9.17) is 9.47 Å². The summed E-state index contributed by atoms with van der Waals surface area (Å²) < 4.78 is 27.9. The van der Waals surface area contributed by atoms with Gasteiger partial charge in [0.2, 0.25) is 5.95 Å². The van der Waals surface area contributed by atoms with Gasteiger partial charge in [-0.15, -0.1) is 0 Å². The Morgan fingerprint density at radius 2 is 2.03 bits per heavy atom. The number of benzene rings is 1. The molecule has 3 N–H and O–H groups in total. The highest BCUT2D eigenvalue weighted by molar-refractivity contribution is 5.84. The number of aliphatic hydroxyl groups is 1. The van der Waals surface area contributed by atoms with Gasteiger partial charge in [-0.25, -0.2) is 14.4 Å². The molecule has 5 rings (SSSR count). The molecule has 2 aromatic heterocycles. The Morgan fingerprint density at radius 3 is 2.78 bits per heavy atom. The van der Waals surface area contributed by atoms with Crippen LogP contribution in [-0.2, 0) is 16.0 Å². The van der Waals surface area contributed by atoms with Crippen molar-refractivity contribution in [2.24, 2.45) is 0 Å². The monoisotopic (exact) mass is 511 g/mol. The molecule has 4 heterocycles. The summed E-state index contributed by atoms with van der Waals surface area (Å²) in [5.41, 5.74) is 2.20. The van der Waals surface area contributed by atoms with Crippen LogP contribution < -0.4 is 16.1 Å². The highest BCUT2D eigenvalue weighted by Crippen LogP contribution is 2.27. The minimum Gasteiger partial charge on any atom is -0.389 e. The second-order valence-electron chi connectivity index (χ2n) is 10.1. The summed E-state index contributed by atoms with van der Waals surface area (Å²) in [5.74, 6) is -0.331. The number of hydrogen-bond donors (Lipinski definition) is 3. The van der Waals surface area contributed by atoms with E-state index in [1.165, 1.54) is 0 Å². The molecule has 0 radical (unpaired) electrons. The van der Waals surface area contributed by atoms with Crippen LogP contribution in [-0.4, -0.2) is 64.3 Å². The number of pyridine rings is 1. The van der Waals surface area contributed by atoms with Crippen LogP contribution >= 0.6 is 0 Å². The van der Waals surface area contributed by atoms with E-state index in [9.17, 15) is 14.3 Å². The number of anilines is 1. The lowest BCUT2D eigenvalue weighted by atomic mass is 10.1. The first-order valence-corrected chi connectivity index (χ1v) is 12.9. The number of nitrogens with zero attached hydrogens (tertiary/aromatic N) is 3. The second kappa shape index (κ2) is 11.2. The summed E-state index contributed by atoms with van der Waals surface area (Å²) in [6.07, 6.45) is 3.09. The molecule has 2 aliphatic heterocycles. The molecule has 198 valence electrons. The second-order valence-corrected chi connectivity index (χ2v) is 10.1. The first-order valence-electron chi connectivity index (χ1n) is 12.9. The van der Waals surface area contributed by atoms with Crippen molar-refractivity contribution in [3.63, 3.8) is 0 Å². The maximum Gasteiger partial charge on any atom is 0.223 e. The Labute approximate surface area is 215 Å². The van der Waals surface area contributed by atoms with Crippen LogP contribution in [0.3, 0.4) is 0 Å². The van der Waals surface area contributed by atoms with E-state index in [-0.39, 0.29) is 41.8 Å². The molecule has 10 heteroatoms. The molecule has 1 aromatic carbocycles. The lowest BCUT2D eigenvalue weighted by molar-refractivity contribution is -0.0136. The van der Waals surface area contributed by atoms with Crippen molar-refractivity contribution in [1.82, 2.24) is 19.9 Å². The van der Waals surface area contributed by atoms with E-state index in [0.717, 1.165) is 36.9 Å². The molecule has 0 saturated carbocycles. The van der Waals surface area contributed by atoms with Crippen LogP contribution in [0.1, 0.15) is 44.8 Å². The van der Waals surface area contributed by atoms with Crippen molar-refractivity contribution in [3.05, 3.63) is 52.2 Å². The first kappa shape index (κ1) is 25.7. The van der Waals surface area contributed by atoms with Gasteiger partial charge in [0.1, 0.15) is 5.69 Å². The van der Waals surface area contributed by atoms with Crippen molar-refractivity contribution >= 4 is 16.9 Å². The fourth-order valence-electron chi connectivity index (χ4n) is 5.13. The molecular formula is C27H34FN5O4. The third-order valence-corrected chi connectivity index (χ3v) is 7.04. The lowest BCUT2D eigenvalue weighted by Gasteiger charge is -2.28. The third-order valence-electron chi connectivity index (χ3n) is 7.04. The topological polar surface area (TPSA) is 111 Å². The number of fused-ring (bicyclic) bond motifs is 1. The van der Waals surface area contributed by atoms with E-state index in [0.29, 0.717) is 37.1 Å². The fourth-order valence-corrected chi connectivity index (χ4v) is 5.13. The molecule has 0 spiro atoms. The molecule has 0 unspecified atom stereocenters. The van der Waals surface area contributed by atoms with Crippen LogP contribution in [0.15, 0.2) is 35.3 Å². The Hall–Kier alpha value is -2.92. The zero-order chi connectivity index (χ0) is 25.9. The fraction of sp³-hybridized carbons (Fsp3) is 0.519. The van der Waals surface area contributed by atoms with Gasteiger partial charge in [0, 0.05) is 54.6 Å². The lowest BCUT2D eigenvalue weighted by Crippen LogP contribution is -2.42. The van der Waals surface area contributed by atoms with Crippen LogP contribution in [0.2, 0.25) is 0 Å². The predicted molar refractivity (Wildman–Crippen MR) is 139 cm³/mol. The first-order chi connectivity index (χ1) is 17.9. The van der Waals surface area contributed by atoms with Gasteiger partial charge in [-0.3, -0.25) is 4.79 Å². The number of aromatic nitrogens is 3. The number of nitrogens with one attached hydrogen (secondary N) is 2. The zero-order valence-electron chi connectivity index (χ0n) is 21.2. The van der Waals surface area contributed by atoms with Gasteiger partial charge in [-0.2, -0.15) is 0 Å². The van der Waals surface area contributed by atoms with Crippen LogP contribution in [0.5, 0.6) is 0 Å². The van der Waals surface area contributed by atoms with Crippen molar-refractivity contribution < 1.29 is 19.0 Å².